The maximum atomic E-state index is 13.7. The summed E-state index contributed by atoms with van der Waals surface area (Å²) in [7, 11) is 1.48. The van der Waals surface area contributed by atoms with Crippen LogP contribution in [-0.2, 0) is 5.75 Å². The first-order chi connectivity index (χ1) is 7.65. The molecule has 0 bridgehead atoms. The maximum Gasteiger partial charge on any atom is 0.169 e. The molecule has 1 unspecified atom stereocenters. The molecule has 0 aliphatic carbocycles. The Morgan fingerprint density at radius 1 is 1.50 bits per heavy atom. The predicted molar refractivity (Wildman–Crippen MR) is 67.4 cm³/mol. The molecule has 2 N–H and O–H groups in total. The monoisotopic (exact) mass is 243 g/mol. The summed E-state index contributed by atoms with van der Waals surface area (Å²) in [6.07, 6.45) is 0.955. The molecule has 1 aromatic rings. The van der Waals surface area contributed by atoms with Crippen LogP contribution in [-0.4, -0.2) is 18.9 Å². The summed E-state index contributed by atoms with van der Waals surface area (Å²) >= 11 is 1.69. The number of hydrogen-bond acceptors (Lipinski definition) is 3. The summed E-state index contributed by atoms with van der Waals surface area (Å²) < 4.78 is 18.6. The van der Waals surface area contributed by atoms with Gasteiger partial charge in [-0.05, 0) is 25.2 Å². The van der Waals surface area contributed by atoms with Crippen LogP contribution < -0.4 is 10.5 Å². The Balaban J connectivity index is 2.47. The van der Waals surface area contributed by atoms with Crippen LogP contribution in [0.1, 0.15) is 18.9 Å². The summed E-state index contributed by atoms with van der Waals surface area (Å²) in [5, 5.41) is 0. The van der Waals surface area contributed by atoms with Gasteiger partial charge in [-0.25, -0.2) is 4.39 Å². The average molecular weight is 243 g/mol. The lowest BCUT2D eigenvalue weighted by atomic mass is 10.2. The smallest absolute Gasteiger partial charge is 0.169 e. The fourth-order valence-corrected chi connectivity index (χ4v) is 2.40. The van der Waals surface area contributed by atoms with E-state index in [9.17, 15) is 4.39 Å². The molecule has 0 saturated carbocycles. The first-order valence-corrected chi connectivity index (χ1v) is 6.45. The van der Waals surface area contributed by atoms with Crippen LogP contribution in [0, 0.1) is 5.82 Å². The molecular weight excluding hydrogens is 225 g/mol. The second kappa shape index (κ2) is 6.76. The van der Waals surface area contributed by atoms with E-state index in [0.29, 0.717) is 17.1 Å². The van der Waals surface area contributed by atoms with E-state index in [2.05, 4.69) is 0 Å². The number of ether oxygens (including phenoxy) is 1. The second-order valence-electron chi connectivity index (χ2n) is 3.75. The van der Waals surface area contributed by atoms with Crippen molar-refractivity contribution >= 4 is 11.8 Å². The van der Waals surface area contributed by atoms with Gasteiger partial charge in [0.05, 0.1) is 7.11 Å². The summed E-state index contributed by atoms with van der Waals surface area (Å²) in [4.78, 5) is 0. The highest BCUT2D eigenvalue weighted by Crippen LogP contribution is 2.23. The lowest BCUT2D eigenvalue weighted by Crippen LogP contribution is -2.15. The van der Waals surface area contributed by atoms with Crippen molar-refractivity contribution in [3.63, 3.8) is 0 Å². The van der Waals surface area contributed by atoms with E-state index in [-0.39, 0.29) is 11.9 Å². The summed E-state index contributed by atoms with van der Waals surface area (Å²) in [5.74, 6) is 1.67. The van der Waals surface area contributed by atoms with Crippen molar-refractivity contribution in [1.29, 1.82) is 0 Å². The third-order valence-electron chi connectivity index (χ3n) is 2.24. The molecule has 0 aliphatic rings. The Morgan fingerprint density at radius 3 is 2.88 bits per heavy atom. The number of halogens is 1. The standard InChI is InChI=1S/C12H18FNOS/c1-9(14)6-7-16-8-10-4-3-5-11(15-2)12(10)13/h3-5,9H,6-8,14H2,1-2H3. The highest BCUT2D eigenvalue weighted by Gasteiger charge is 2.07. The van der Waals surface area contributed by atoms with E-state index in [1.54, 1.807) is 23.9 Å². The van der Waals surface area contributed by atoms with Gasteiger partial charge in [-0.1, -0.05) is 12.1 Å². The van der Waals surface area contributed by atoms with Crippen molar-refractivity contribution in [2.24, 2.45) is 5.73 Å². The molecule has 90 valence electrons. The molecule has 0 fully saturated rings. The molecular formula is C12H18FNOS. The number of thioether (sulfide) groups is 1. The Bertz CT molecular complexity index is 331. The van der Waals surface area contributed by atoms with Gasteiger partial charge in [0.15, 0.2) is 11.6 Å². The van der Waals surface area contributed by atoms with Crippen molar-refractivity contribution in [2.45, 2.75) is 25.1 Å². The number of benzene rings is 1. The molecule has 4 heteroatoms. The van der Waals surface area contributed by atoms with Gasteiger partial charge in [-0.15, -0.1) is 0 Å². The Kier molecular flexibility index (Phi) is 5.63. The zero-order chi connectivity index (χ0) is 12.0. The number of rotatable bonds is 6. The zero-order valence-corrected chi connectivity index (χ0v) is 10.5. The lowest BCUT2D eigenvalue weighted by molar-refractivity contribution is 0.385. The Labute approximate surface area is 100 Å². The minimum Gasteiger partial charge on any atom is -0.494 e. The first-order valence-electron chi connectivity index (χ1n) is 5.30. The third-order valence-corrected chi connectivity index (χ3v) is 3.28. The predicted octanol–water partition coefficient (Wildman–Crippen LogP) is 2.80. The van der Waals surface area contributed by atoms with Crippen molar-refractivity contribution in [2.75, 3.05) is 12.9 Å². The van der Waals surface area contributed by atoms with Crippen molar-refractivity contribution in [1.82, 2.24) is 0 Å². The SMILES string of the molecule is COc1cccc(CSCCC(C)N)c1F. The highest BCUT2D eigenvalue weighted by molar-refractivity contribution is 7.98. The fourth-order valence-electron chi connectivity index (χ4n) is 1.28. The normalized spacial score (nSPS) is 12.5. The molecule has 0 aliphatic heterocycles. The molecule has 1 atom stereocenters. The number of methoxy groups -OCH3 is 1. The van der Waals surface area contributed by atoms with Crippen LogP contribution in [0.15, 0.2) is 18.2 Å². The molecule has 1 aromatic carbocycles. The van der Waals surface area contributed by atoms with E-state index in [1.807, 2.05) is 13.0 Å². The third kappa shape index (κ3) is 4.02. The summed E-state index contributed by atoms with van der Waals surface area (Å²) in [5.41, 5.74) is 6.33. The van der Waals surface area contributed by atoms with E-state index in [1.165, 1.54) is 7.11 Å². The maximum absolute atomic E-state index is 13.7. The van der Waals surface area contributed by atoms with Crippen molar-refractivity contribution < 1.29 is 9.13 Å². The van der Waals surface area contributed by atoms with E-state index < -0.39 is 0 Å². The Hall–Kier alpha value is -0.740. The molecule has 1 rings (SSSR count). The fraction of sp³-hybridized carbons (Fsp3) is 0.500. The minimum absolute atomic E-state index is 0.211. The van der Waals surface area contributed by atoms with Crippen LogP contribution >= 0.6 is 11.8 Å². The minimum atomic E-state index is -0.252. The molecule has 0 radical (unpaired) electrons. The first kappa shape index (κ1) is 13.3. The molecule has 0 saturated heterocycles. The summed E-state index contributed by atoms with van der Waals surface area (Å²) in [6, 6.07) is 5.44. The largest absolute Gasteiger partial charge is 0.494 e. The number of hydrogen-bond donors (Lipinski definition) is 1. The average Bonchev–Trinajstić information content (AvgIpc) is 2.26. The van der Waals surface area contributed by atoms with E-state index in [4.69, 9.17) is 10.5 Å². The van der Waals surface area contributed by atoms with Crippen LogP contribution in [0.5, 0.6) is 5.75 Å². The quantitative estimate of drug-likeness (QED) is 0.780. The Morgan fingerprint density at radius 2 is 2.25 bits per heavy atom. The van der Waals surface area contributed by atoms with Crippen molar-refractivity contribution in [3.05, 3.63) is 29.6 Å². The lowest BCUT2D eigenvalue weighted by Gasteiger charge is -2.08. The van der Waals surface area contributed by atoms with Gasteiger partial charge in [-0.2, -0.15) is 11.8 Å². The van der Waals surface area contributed by atoms with E-state index in [0.717, 1.165) is 12.2 Å². The van der Waals surface area contributed by atoms with Gasteiger partial charge in [-0.3, -0.25) is 0 Å². The summed E-state index contributed by atoms with van der Waals surface area (Å²) in [6.45, 7) is 1.98. The van der Waals surface area contributed by atoms with Crippen molar-refractivity contribution in [3.8, 4) is 5.75 Å². The van der Waals surface area contributed by atoms with Gasteiger partial charge in [0.25, 0.3) is 0 Å². The van der Waals surface area contributed by atoms with E-state index >= 15 is 0 Å². The van der Waals surface area contributed by atoms with Gasteiger partial charge in [0, 0.05) is 17.4 Å². The zero-order valence-electron chi connectivity index (χ0n) is 9.70. The molecule has 16 heavy (non-hydrogen) atoms. The van der Waals surface area contributed by atoms with Gasteiger partial charge < -0.3 is 10.5 Å². The number of nitrogens with two attached hydrogens (primary N) is 1. The van der Waals surface area contributed by atoms with Crippen LogP contribution in [0.3, 0.4) is 0 Å². The molecule has 0 amide bonds. The van der Waals surface area contributed by atoms with Gasteiger partial charge in [0.2, 0.25) is 0 Å². The van der Waals surface area contributed by atoms with Crippen LogP contribution in [0.25, 0.3) is 0 Å². The second-order valence-corrected chi connectivity index (χ2v) is 4.86. The van der Waals surface area contributed by atoms with Crippen LogP contribution in [0.4, 0.5) is 4.39 Å². The van der Waals surface area contributed by atoms with Gasteiger partial charge in [0.1, 0.15) is 0 Å². The highest BCUT2D eigenvalue weighted by atomic mass is 32.2. The molecule has 0 heterocycles. The van der Waals surface area contributed by atoms with Crippen LogP contribution in [0.2, 0.25) is 0 Å². The molecule has 2 nitrogen and oxygen atoms in total. The molecule has 0 aromatic heterocycles. The van der Waals surface area contributed by atoms with Gasteiger partial charge >= 0.3 is 0 Å². The molecule has 0 spiro atoms. The topological polar surface area (TPSA) is 35.2 Å².